The maximum atomic E-state index is 12.9. The van der Waals surface area contributed by atoms with Gasteiger partial charge in [-0.2, -0.15) is 5.10 Å². The minimum absolute atomic E-state index is 0.0241. The van der Waals surface area contributed by atoms with Gasteiger partial charge in [-0.05, 0) is 30.7 Å². The quantitative estimate of drug-likeness (QED) is 0.473. The highest BCUT2D eigenvalue weighted by Gasteiger charge is 2.32. The molecule has 1 aromatic heterocycles. The predicted octanol–water partition coefficient (Wildman–Crippen LogP) is 3.11. The zero-order chi connectivity index (χ0) is 24.1. The summed E-state index contributed by atoms with van der Waals surface area (Å²) in [6.07, 6.45) is 1.41. The summed E-state index contributed by atoms with van der Waals surface area (Å²) in [7, 11) is 2.48. The summed E-state index contributed by atoms with van der Waals surface area (Å²) >= 11 is 0. The lowest BCUT2D eigenvalue weighted by Gasteiger charge is -2.17. The molecule has 1 fully saturated rings. The van der Waals surface area contributed by atoms with Crippen molar-refractivity contribution in [2.45, 2.75) is 12.8 Å². The first kappa shape index (κ1) is 23.0. The number of para-hydroxylation sites is 2. The van der Waals surface area contributed by atoms with Crippen molar-refractivity contribution in [1.29, 1.82) is 0 Å². The van der Waals surface area contributed by atoms with Crippen molar-refractivity contribution in [3.63, 3.8) is 0 Å². The van der Waals surface area contributed by atoms with Gasteiger partial charge in [-0.3, -0.25) is 4.79 Å². The molecule has 0 bridgehead atoms. The van der Waals surface area contributed by atoms with E-state index >= 15 is 0 Å². The highest BCUT2D eigenvalue weighted by atomic mass is 16.5. The van der Waals surface area contributed by atoms with Crippen molar-refractivity contribution < 1.29 is 28.6 Å². The van der Waals surface area contributed by atoms with Gasteiger partial charge >= 0.3 is 11.9 Å². The van der Waals surface area contributed by atoms with E-state index in [1.165, 1.54) is 18.9 Å². The summed E-state index contributed by atoms with van der Waals surface area (Å²) in [6.45, 7) is 1.46. The average molecular weight is 463 g/mol. The molecule has 1 saturated heterocycles. The van der Waals surface area contributed by atoms with Gasteiger partial charge in [0.15, 0.2) is 5.69 Å². The van der Waals surface area contributed by atoms with Crippen molar-refractivity contribution in [1.82, 2.24) is 14.7 Å². The smallest absolute Gasteiger partial charge is 0.357 e. The predicted molar refractivity (Wildman–Crippen MR) is 123 cm³/mol. The highest BCUT2D eigenvalue weighted by Crippen LogP contribution is 2.35. The average Bonchev–Trinajstić information content (AvgIpc) is 3.47. The maximum Gasteiger partial charge on any atom is 0.357 e. The van der Waals surface area contributed by atoms with Gasteiger partial charge in [0.2, 0.25) is 5.91 Å². The number of methoxy groups -OCH3 is 2. The Kier molecular flexibility index (Phi) is 6.91. The van der Waals surface area contributed by atoms with Gasteiger partial charge in [0.05, 0.1) is 26.5 Å². The van der Waals surface area contributed by atoms with Crippen LogP contribution in [0.15, 0.2) is 54.6 Å². The number of esters is 2. The fourth-order valence-electron chi connectivity index (χ4n) is 3.94. The number of hydrogen-bond donors (Lipinski definition) is 0. The minimum atomic E-state index is -0.728. The van der Waals surface area contributed by atoms with Gasteiger partial charge in [0.25, 0.3) is 0 Å². The van der Waals surface area contributed by atoms with Crippen molar-refractivity contribution >= 4 is 17.8 Å². The molecule has 176 valence electrons. The first-order valence-electron chi connectivity index (χ1n) is 10.9. The van der Waals surface area contributed by atoms with Crippen LogP contribution in [-0.4, -0.2) is 66.4 Å². The van der Waals surface area contributed by atoms with Gasteiger partial charge in [-0.1, -0.05) is 30.3 Å². The van der Waals surface area contributed by atoms with E-state index in [0.717, 1.165) is 13.0 Å². The summed E-state index contributed by atoms with van der Waals surface area (Å²) in [5.41, 5.74) is 1.24. The number of likely N-dealkylation sites (tertiary alicyclic amines) is 1. The van der Waals surface area contributed by atoms with Crippen LogP contribution >= 0.6 is 0 Å². The Labute approximate surface area is 196 Å². The third kappa shape index (κ3) is 4.50. The summed E-state index contributed by atoms with van der Waals surface area (Å²) in [5, 5.41) is 4.62. The number of carbonyl (C=O) groups is 3. The summed E-state index contributed by atoms with van der Waals surface area (Å²) in [5.74, 6) is -0.869. The molecule has 1 aliphatic rings. The Morgan fingerprint density at radius 1 is 0.971 bits per heavy atom. The first-order chi connectivity index (χ1) is 16.5. The molecule has 1 amide bonds. The molecule has 9 nitrogen and oxygen atoms in total. The Morgan fingerprint density at radius 2 is 1.68 bits per heavy atom. The molecule has 34 heavy (non-hydrogen) atoms. The minimum Gasteiger partial charge on any atom is -0.491 e. The number of aromatic nitrogens is 2. The van der Waals surface area contributed by atoms with Crippen LogP contribution in [0.4, 0.5) is 0 Å². The number of rotatable bonds is 8. The lowest BCUT2D eigenvalue weighted by atomic mass is 10.0. The van der Waals surface area contributed by atoms with E-state index in [4.69, 9.17) is 14.2 Å². The molecule has 0 aliphatic carbocycles. The van der Waals surface area contributed by atoms with Crippen LogP contribution in [0.25, 0.3) is 16.9 Å². The normalized spacial score (nSPS) is 13.1. The number of benzene rings is 2. The fourth-order valence-corrected chi connectivity index (χ4v) is 3.94. The monoisotopic (exact) mass is 463 g/mol. The van der Waals surface area contributed by atoms with Crippen LogP contribution in [0.5, 0.6) is 5.75 Å². The third-order valence-electron chi connectivity index (χ3n) is 5.59. The maximum absolute atomic E-state index is 12.9. The van der Waals surface area contributed by atoms with Crippen LogP contribution in [0.3, 0.4) is 0 Å². The standard InChI is InChI=1S/C25H25N3O6/c1-32-24(30)21-22(26-28(23(21)25(31)33-2)17-9-4-3-5-10-17)18-11-6-7-12-19(18)34-16-15-27-14-8-13-20(27)29/h3-7,9-12H,8,13-16H2,1-2H3. The van der Waals surface area contributed by atoms with Crippen LogP contribution in [0.2, 0.25) is 0 Å². The zero-order valence-corrected chi connectivity index (χ0v) is 19.0. The molecule has 0 N–H and O–H groups in total. The number of carbonyl (C=O) groups excluding carboxylic acids is 3. The lowest BCUT2D eigenvalue weighted by Crippen LogP contribution is -2.29. The van der Waals surface area contributed by atoms with Crippen molar-refractivity contribution in [3.05, 3.63) is 65.9 Å². The Hall–Kier alpha value is -4.14. The summed E-state index contributed by atoms with van der Waals surface area (Å²) in [4.78, 5) is 39.3. The van der Waals surface area contributed by atoms with Crippen LogP contribution in [0.1, 0.15) is 33.7 Å². The van der Waals surface area contributed by atoms with Crippen LogP contribution < -0.4 is 4.74 Å². The number of hydrogen-bond acceptors (Lipinski definition) is 7. The van der Waals surface area contributed by atoms with E-state index in [1.54, 1.807) is 53.4 Å². The largest absolute Gasteiger partial charge is 0.491 e. The van der Waals surface area contributed by atoms with E-state index < -0.39 is 11.9 Å². The molecule has 2 aromatic carbocycles. The van der Waals surface area contributed by atoms with E-state index in [1.807, 2.05) is 6.07 Å². The first-order valence-corrected chi connectivity index (χ1v) is 10.9. The molecular formula is C25H25N3O6. The van der Waals surface area contributed by atoms with Crippen LogP contribution in [0, 0.1) is 0 Å². The second kappa shape index (κ2) is 10.2. The molecule has 9 heteroatoms. The Morgan fingerprint density at radius 3 is 2.35 bits per heavy atom. The van der Waals surface area contributed by atoms with Crippen molar-refractivity contribution in [2.75, 3.05) is 33.9 Å². The fraction of sp³-hybridized carbons (Fsp3) is 0.280. The molecule has 0 unspecified atom stereocenters. The number of amides is 1. The second-order valence-electron chi connectivity index (χ2n) is 7.63. The van der Waals surface area contributed by atoms with E-state index in [2.05, 4.69) is 5.10 Å². The Balaban J connectivity index is 1.78. The van der Waals surface area contributed by atoms with Gasteiger partial charge < -0.3 is 19.1 Å². The van der Waals surface area contributed by atoms with Gasteiger partial charge in [0.1, 0.15) is 23.6 Å². The molecule has 0 spiro atoms. The molecule has 0 atom stereocenters. The van der Waals surface area contributed by atoms with Gasteiger partial charge in [-0.15, -0.1) is 0 Å². The topological polar surface area (TPSA) is 100.0 Å². The summed E-state index contributed by atoms with van der Waals surface area (Å²) < 4.78 is 17.3. The zero-order valence-electron chi connectivity index (χ0n) is 19.0. The molecule has 0 radical (unpaired) electrons. The van der Waals surface area contributed by atoms with E-state index in [9.17, 15) is 14.4 Å². The van der Waals surface area contributed by atoms with Crippen LogP contribution in [-0.2, 0) is 14.3 Å². The lowest BCUT2D eigenvalue weighted by molar-refractivity contribution is -0.128. The molecule has 2 heterocycles. The molecule has 3 aromatic rings. The van der Waals surface area contributed by atoms with Crippen molar-refractivity contribution in [3.8, 4) is 22.7 Å². The molecule has 1 aliphatic heterocycles. The molecule has 4 rings (SSSR count). The summed E-state index contributed by atoms with van der Waals surface area (Å²) in [6, 6.07) is 16.0. The number of ether oxygens (including phenoxy) is 3. The molecular weight excluding hydrogens is 438 g/mol. The number of nitrogens with zero attached hydrogens (tertiary/aromatic N) is 3. The molecule has 0 saturated carbocycles. The van der Waals surface area contributed by atoms with E-state index in [0.29, 0.717) is 30.0 Å². The SMILES string of the molecule is COC(=O)c1c(-c2ccccc2OCCN2CCCC2=O)nn(-c2ccccc2)c1C(=O)OC. The van der Waals surface area contributed by atoms with E-state index in [-0.39, 0.29) is 29.5 Å². The van der Waals surface area contributed by atoms with Gasteiger partial charge in [-0.25, -0.2) is 14.3 Å². The highest BCUT2D eigenvalue weighted by molar-refractivity contribution is 6.07. The Bertz CT molecular complexity index is 1200. The second-order valence-corrected chi connectivity index (χ2v) is 7.63. The van der Waals surface area contributed by atoms with Gasteiger partial charge in [0, 0.05) is 18.5 Å². The van der Waals surface area contributed by atoms with Crippen molar-refractivity contribution in [2.24, 2.45) is 0 Å². The third-order valence-corrected chi connectivity index (χ3v) is 5.59.